The molecule has 0 fully saturated rings. The molecule has 0 radical (unpaired) electrons. The van der Waals surface area contributed by atoms with Crippen molar-refractivity contribution in [1.29, 1.82) is 0 Å². The number of aromatic nitrogens is 2. The fraction of sp³-hybridized carbons (Fsp3) is 0.667. The van der Waals surface area contributed by atoms with E-state index in [0.717, 1.165) is 0 Å². The highest BCUT2D eigenvalue weighted by molar-refractivity contribution is 5.48. The molecule has 3 N–H and O–H groups in total. The zero-order valence-corrected chi connectivity index (χ0v) is 11.9. The number of aliphatic hydroxyl groups is 1. The highest BCUT2D eigenvalue weighted by atomic mass is 19.4. The lowest BCUT2D eigenvalue weighted by Crippen LogP contribution is -2.27. The number of nitrogens with zero attached hydrogens (tertiary/aromatic N) is 2. The maximum atomic E-state index is 12.8. The van der Waals surface area contributed by atoms with Crippen LogP contribution >= 0.6 is 0 Å². The summed E-state index contributed by atoms with van der Waals surface area (Å²) >= 11 is 0. The van der Waals surface area contributed by atoms with E-state index in [9.17, 15) is 13.2 Å². The van der Waals surface area contributed by atoms with Crippen molar-refractivity contribution in [3.05, 3.63) is 11.9 Å². The molecule has 1 unspecified atom stereocenters. The van der Waals surface area contributed by atoms with E-state index in [0.29, 0.717) is 13.0 Å². The Labute approximate surface area is 120 Å². The molecule has 1 atom stereocenters. The van der Waals surface area contributed by atoms with Crippen molar-refractivity contribution in [2.75, 3.05) is 37.5 Å². The topological polar surface area (TPSA) is 79.3 Å². The fourth-order valence-corrected chi connectivity index (χ4v) is 1.68. The number of anilines is 2. The summed E-state index contributed by atoms with van der Waals surface area (Å²) < 4.78 is 43.3. The summed E-state index contributed by atoms with van der Waals surface area (Å²) in [5.74, 6) is -1.10. The number of hydrogen-bond acceptors (Lipinski definition) is 6. The molecule has 0 aliphatic heterocycles. The molecule has 0 spiro atoms. The Balaban J connectivity index is 3.01. The molecule has 0 aliphatic rings. The van der Waals surface area contributed by atoms with Crippen molar-refractivity contribution in [1.82, 2.24) is 9.97 Å². The Kier molecular flexibility index (Phi) is 6.63. The molecule has 0 saturated carbocycles. The van der Waals surface area contributed by atoms with Crippen molar-refractivity contribution in [2.24, 2.45) is 0 Å². The van der Waals surface area contributed by atoms with Crippen LogP contribution in [0.1, 0.15) is 19.2 Å². The van der Waals surface area contributed by atoms with E-state index < -0.39 is 12.0 Å². The zero-order chi connectivity index (χ0) is 15.9. The first kappa shape index (κ1) is 17.4. The molecule has 9 heteroatoms. The summed E-state index contributed by atoms with van der Waals surface area (Å²) in [7, 11) is 1.47. The van der Waals surface area contributed by atoms with Crippen molar-refractivity contribution in [3.8, 4) is 0 Å². The van der Waals surface area contributed by atoms with E-state index in [2.05, 4.69) is 20.6 Å². The van der Waals surface area contributed by atoms with Gasteiger partial charge in [0.15, 0.2) is 0 Å². The summed E-state index contributed by atoms with van der Waals surface area (Å²) in [6, 6.07) is 1.05. The first-order valence-electron chi connectivity index (χ1n) is 6.47. The molecule has 1 rings (SSSR count). The Morgan fingerprint density at radius 2 is 2.00 bits per heavy atom. The first-order valence-corrected chi connectivity index (χ1v) is 6.47. The van der Waals surface area contributed by atoms with Gasteiger partial charge < -0.3 is 20.5 Å². The second-order valence-corrected chi connectivity index (χ2v) is 4.30. The molecular weight excluding hydrogens is 289 g/mol. The van der Waals surface area contributed by atoms with Gasteiger partial charge in [-0.15, -0.1) is 0 Å². The lowest BCUT2D eigenvalue weighted by molar-refractivity contribution is -0.144. The number of nitrogens with one attached hydrogen (secondary N) is 2. The van der Waals surface area contributed by atoms with Crippen molar-refractivity contribution < 1.29 is 23.0 Å². The van der Waals surface area contributed by atoms with Crippen LogP contribution in [0.5, 0.6) is 0 Å². The Bertz CT molecular complexity index is 437. The maximum absolute atomic E-state index is 12.8. The number of rotatable bonds is 8. The minimum atomic E-state index is -4.63. The zero-order valence-electron chi connectivity index (χ0n) is 11.9. The third-order valence-corrected chi connectivity index (χ3v) is 2.54. The second-order valence-electron chi connectivity index (χ2n) is 4.30. The van der Waals surface area contributed by atoms with Gasteiger partial charge in [-0.25, -0.2) is 9.97 Å². The van der Waals surface area contributed by atoms with Crippen LogP contribution in [-0.2, 0) is 10.9 Å². The molecule has 1 heterocycles. The molecular formula is C12H19F3N4O2. The van der Waals surface area contributed by atoms with Gasteiger partial charge in [0.05, 0.1) is 12.6 Å². The number of hydrogen-bond donors (Lipinski definition) is 3. The van der Waals surface area contributed by atoms with Gasteiger partial charge in [0.25, 0.3) is 0 Å². The molecule has 0 aromatic carbocycles. The molecule has 0 saturated heterocycles. The van der Waals surface area contributed by atoms with Crippen LogP contribution in [0.15, 0.2) is 6.07 Å². The molecule has 0 aliphatic carbocycles. The molecule has 6 nitrogen and oxygen atoms in total. The predicted octanol–water partition coefficient (Wildman–Crippen LogP) is 1.74. The SMILES string of the molecule is CCNc1cc(NC(CCO)COC)nc(C(F)(F)F)n1. The van der Waals surface area contributed by atoms with Gasteiger partial charge in [0, 0.05) is 26.3 Å². The number of halogens is 3. The third kappa shape index (κ3) is 5.72. The minimum Gasteiger partial charge on any atom is -0.396 e. The average Bonchev–Trinajstić information content (AvgIpc) is 2.38. The van der Waals surface area contributed by atoms with E-state index in [4.69, 9.17) is 9.84 Å². The Hall–Kier alpha value is -1.61. The van der Waals surface area contributed by atoms with Gasteiger partial charge >= 0.3 is 6.18 Å². The minimum absolute atomic E-state index is 0.0313. The smallest absolute Gasteiger partial charge is 0.396 e. The number of ether oxygens (including phenoxy) is 1. The summed E-state index contributed by atoms with van der Waals surface area (Å²) in [5, 5.41) is 14.5. The van der Waals surface area contributed by atoms with Crippen LogP contribution < -0.4 is 10.6 Å². The number of aliphatic hydroxyl groups excluding tert-OH is 1. The molecule has 1 aromatic rings. The van der Waals surface area contributed by atoms with Gasteiger partial charge in [-0.1, -0.05) is 0 Å². The van der Waals surface area contributed by atoms with Gasteiger partial charge in [-0.2, -0.15) is 13.2 Å². The van der Waals surface area contributed by atoms with Gasteiger partial charge in [-0.05, 0) is 13.3 Å². The summed E-state index contributed by atoms with van der Waals surface area (Å²) in [5.41, 5.74) is 0. The van der Waals surface area contributed by atoms with Crippen LogP contribution in [0.2, 0.25) is 0 Å². The van der Waals surface area contributed by atoms with E-state index in [1.807, 2.05) is 0 Å². The second kappa shape index (κ2) is 7.99. The largest absolute Gasteiger partial charge is 0.451 e. The standard InChI is InChI=1S/C12H19F3N4O2/c1-3-16-9-6-10(17-8(4-5-20)7-21-2)19-11(18-9)12(13,14)15/h6,8,20H,3-5,7H2,1-2H3,(H2,16,17,18,19). The lowest BCUT2D eigenvalue weighted by Gasteiger charge is -2.19. The third-order valence-electron chi connectivity index (χ3n) is 2.54. The summed E-state index contributed by atoms with van der Waals surface area (Å²) in [6.07, 6.45) is -4.30. The van der Waals surface area contributed by atoms with Crippen LogP contribution in [0, 0.1) is 0 Å². The highest BCUT2D eigenvalue weighted by Gasteiger charge is 2.35. The van der Waals surface area contributed by atoms with Crippen molar-refractivity contribution in [3.63, 3.8) is 0 Å². The Morgan fingerprint density at radius 3 is 2.52 bits per heavy atom. The van der Waals surface area contributed by atoms with Crippen LogP contribution in [0.25, 0.3) is 0 Å². The van der Waals surface area contributed by atoms with Gasteiger partial charge in [0.2, 0.25) is 5.82 Å². The molecule has 1 aromatic heterocycles. The first-order chi connectivity index (χ1) is 9.90. The molecule has 120 valence electrons. The van der Waals surface area contributed by atoms with Gasteiger partial charge in [0.1, 0.15) is 11.6 Å². The maximum Gasteiger partial charge on any atom is 0.451 e. The van der Waals surface area contributed by atoms with E-state index in [-0.39, 0.29) is 30.9 Å². The number of alkyl halides is 3. The monoisotopic (exact) mass is 308 g/mol. The van der Waals surface area contributed by atoms with Crippen molar-refractivity contribution in [2.45, 2.75) is 25.6 Å². The predicted molar refractivity (Wildman–Crippen MR) is 72.2 cm³/mol. The van der Waals surface area contributed by atoms with Gasteiger partial charge in [-0.3, -0.25) is 0 Å². The van der Waals surface area contributed by atoms with E-state index >= 15 is 0 Å². The van der Waals surface area contributed by atoms with Crippen molar-refractivity contribution >= 4 is 11.6 Å². The number of methoxy groups -OCH3 is 1. The molecule has 0 bridgehead atoms. The fourth-order valence-electron chi connectivity index (χ4n) is 1.68. The molecule has 21 heavy (non-hydrogen) atoms. The molecule has 0 amide bonds. The van der Waals surface area contributed by atoms with Crippen LogP contribution in [0.4, 0.5) is 24.8 Å². The quantitative estimate of drug-likeness (QED) is 0.679. The van der Waals surface area contributed by atoms with Crippen LogP contribution in [-0.4, -0.2) is 48.0 Å². The summed E-state index contributed by atoms with van der Waals surface area (Å²) in [6.45, 7) is 2.31. The summed E-state index contributed by atoms with van der Waals surface area (Å²) in [4.78, 5) is 6.89. The average molecular weight is 308 g/mol. The highest BCUT2D eigenvalue weighted by Crippen LogP contribution is 2.28. The van der Waals surface area contributed by atoms with E-state index in [1.54, 1.807) is 6.92 Å². The lowest BCUT2D eigenvalue weighted by atomic mass is 10.2. The Morgan fingerprint density at radius 1 is 1.33 bits per heavy atom. The van der Waals surface area contributed by atoms with E-state index in [1.165, 1.54) is 13.2 Å². The normalized spacial score (nSPS) is 13.0. The van der Waals surface area contributed by atoms with Crippen LogP contribution in [0.3, 0.4) is 0 Å².